The summed E-state index contributed by atoms with van der Waals surface area (Å²) in [5, 5.41) is 5.59. The summed E-state index contributed by atoms with van der Waals surface area (Å²) in [6, 6.07) is 14.0. The molecule has 0 aliphatic heterocycles. The number of rotatable bonds is 7. The van der Waals surface area contributed by atoms with E-state index in [2.05, 4.69) is 10.3 Å². The normalized spacial score (nSPS) is 11.4. The van der Waals surface area contributed by atoms with Crippen LogP contribution in [-0.2, 0) is 14.6 Å². The zero-order chi connectivity index (χ0) is 20.1. The van der Waals surface area contributed by atoms with E-state index in [-0.39, 0.29) is 29.4 Å². The Morgan fingerprint density at radius 1 is 1.11 bits per heavy atom. The Morgan fingerprint density at radius 3 is 2.46 bits per heavy atom. The van der Waals surface area contributed by atoms with Crippen LogP contribution >= 0.6 is 22.9 Å². The van der Waals surface area contributed by atoms with Gasteiger partial charge in [0.1, 0.15) is 0 Å². The second-order valence-electron chi connectivity index (χ2n) is 6.33. The Balaban J connectivity index is 1.52. The van der Waals surface area contributed by atoms with Gasteiger partial charge in [0.2, 0.25) is 5.91 Å². The van der Waals surface area contributed by atoms with Gasteiger partial charge in [0.05, 0.1) is 16.3 Å². The van der Waals surface area contributed by atoms with E-state index >= 15 is 0 Å². The fraction of sp³-hybridized carbons (Fsp3) is 0.200. The summed E-state index contributed by atoms with van der Waals surface area (Å²) in [5.41, 5.74) is 2.95. The summed E-state index contributed by atoms with van der Waals surface area (Å²) < 4.78 is 24.6. The Kier molecular flexibility index (Phi) is 6.49. The zero-order valence-corrected chi connectivity index (χ0v) is 17.6. The molecular weight excluding hydrogens is 416 g/mol. The van der Waals surface area contributed by atoms with Crippen LogP contribution in [0.15, 0.2) is 58.8 Å². The third-order valence-corrected chi connectivity index (χ3v) is 6.91. The third-order valence-electron chi connectivity index (χ3n) is 4.09. The molecule has 1 N–H and O–H groups in total. The molecule has 0 radical (unpaired) electrons. The van der Waals surface area contributed by atoms with E-state index in [9.17, 15) is 13.2 Å². The highest BCUT2D eigenvalue weighted by Gasteiger charge is 2.15. The molecule has 1 amide bonds. The number of sulfone groups is 1. The molecule has 1 aromatic heterocycles. The van der Waals surface area contributed by atoms with Gasteiger partial charge in [-0.3, -0.25) is 4.79 Å². The number of halogens is 1. The Bertz CT molecular complexity index is 1060. The van der Waals surface area contributed by atoms with Gasteiger partial charge >= 0.3 is 0 Å². The number of carbonyl (C=O) groups excluding carboxylic acids is 1. The van der Waals surface area contributed by atoms with Crippen molar-refractivity contribution < 1.29 is 13.2 Å². The molecule has 3 aromatic rings. The van der Waals surface area contributed by atoms with E-state index in [0.717, 1.165) is 11.3 Å². The molecule has 0 atom stereocenters. The quantitative estimate of drug-likeness (QED) is 0.569. The van der Waals surface area contributed by atoms with Gasteiger partial charge in [-0.25, -0.2) is 13.4 Å². The predicted octanol–water partition coefficient (Wildman–Crippen LogP) is 4.96. The molecule has 0 unspecified atom stereocenters. The number of carbonyl (C=O) groups is 1. The largest absolute Gasteiger partial charge is 0.302 e. The molecule has 0 fully saturated rings. The minimum absolute atomic E-state index is 0.103. The summed E-state index contributed by atoms with van der Waals surface area (Å²) in [7, 11) is -3.43. The number of benzene rings is 2. The summed E-state index contributed by atoms with van der Waals surface area (Å²) >= 11 is 7.12. The highest BCUT2D eigenvalue weighted by Crippen LogP contribution is 2.25. The monoisotopic (exact) mass is 434 g/mol. The second kappa shape index (κ2) is 8.86. The van der Waals surface area contributed by atoms with E-state index in [4.69, 9.17) is 11.6 Å². The Morgan fingerprint density at radius 2 is 1.79 bits per heavy atom. The average molecular weight is 435 g/mol. The van der Waals surface area contributed by atoms with E-state index < -0.39 is 9.84 Å². The van der Waals surface area contributed by atoms with Gasteiger partial charge < -0.3 is 5.32 Å². The molecule has 8 heteroatoms. The van der Waals surface area contributed by atoms with E-state index in [0.29, 0.717) is 10.2 Å². The van der Waals surface area contributed by atoms with Crippen molar-refractivity contribution in [1.82, 2.24) is 4.98 Å². The summed E-state index contributed by atoms with van der Waals surface area (Å²) in [6.45, 7) is 2.02. The fourth-order valence-corrected chi connectivity index (χ4v) is 4.73. The summed E-state index contributed by atoms with van der Waals surface area (Å²) in [5.74, 6) is -0.356. The fourth-order valence-electron chi connectivity index (χ4n) is 2.55. The van der Waals surface area contributed by atoms with Crippen molar-refractivity contribution in [3.63, 3.8) is 0 Å². The lowest BCUT2D eigenvalue weighted by Gasteiger charge is -2.05. The van der Waals surface area contributed by atoms with Crippen LogP contribution in [-0.4, -0.2) is 25.1 Å². The Hall–Kier alpha value is -2.22. The van der Waals surface area contributed by atoms with Gasteiger partial charge in [0.25, 0.3) is 0 Å². The number of aryl methyl sites for hydroxylation is 1. The number of nitrogens with zero attached hydrogens (tertiary/aromatic N) is 1. The predicted molar refractivity (Wildman–Crippen MR) is 114 cm³/mol. The SMILES string of the molecule is Cc1ccc(-c2csc(NC(=O)CCCS(=O)(=O)c3ccc(Cl)cc3)n2)cc1. The second-order valence-corrected chi connectivity index (χ2v) is 9.73. The highest BCUT2D eigenvalue weighted by molar-refractivity contribution is 7.91. The first-order valence-corrected chi connectivity index (χ1v) is 11.6. The summed E-state index contributed by atoms with van der Waals surface area (Å²) in [4.78, 5) is 16.7. The first-order chi connectivity index (χ1) is 13.3. The summed E-state index contributed by atoms with van der Waals surface area (Å²) in [6.07, 6.45) is 0.333. The number of amides is 1. The van der Waals surface area contributed by atoms with Crippen molar-refractivity contribution >= 4 is 43.8 Å². The smallest absolute Gasteiger partial charge is 0.226 e. The maximum absolute atomic E-state index is 12.3. The molecule has 0 aliphatic carbocycles. The molecule has 0 saturated heterocycles. The minimum Gasteiger partial charge on any atom is -0.302 e. The van der Waals surface area contributed by atoms with Crippen molar-refractivity contribution in [1.29, 1.82) is 0 Å². The van der Waals surface area contributed by atoms with Crippen molar-refractivity contribution in [2.24, 2.45) is 0 Å². The highest BCUT2D eigenvalue weighted by atomic mass is 35.5. The lowest BCUT2D eigenvalue weighted by Crippen LogP contribution is -2.14. The molecule has 0 saturated carbocycles. The van der Waals surface area contributed by atoms with Gasteiger partial charge in [0, 0.05) is 22.4 Å². The van der Waals surface area contributed by atoms with Gasteiger partial charge in [-0.15, -0.1) is 11.3 Å². The van der Waals surface area contributed by atoms with Crippen LogP contribution in [0.2, 0.25) is 5.02 Å². The van der Waals surface area contributed by atoms with E-state index in [1.54, 1.807) is 0 Å². The first kappa shape index (κ1) is 20.5. The number of thiazole rings is 1. The van der Waals surface area contributed by atoms with E-state index in [1.165, 1.54) is 41.2 Å². The Labute approximate surface area is 173 Å². The number of hydrogen-bond acceptors (Lipinski definition) is 5. The van der Waals surface area contributed by atoms with Crippen LogP contribution in [0.1, 0.15) is 18.4 Å². The van der Waals surface area contributed by atoms with Gasteiger partial charge in [-0.2, -0.15) is 0 Å². The molecule has 28 heavy (non-hydrogen) atoms. The van der Waals surface area contributed by atoms with Gasteiger partial charge in [0.15, 0.2) is 15.0 Å². The molecule has 0 bridgehead atoms. The van der Waals surface area contributed by atoms with Crippen LogP contribution < -0.4 is 5.32 Å². The van der Waals surface area contributed by atoms with Crippen molar-refractivity contribution in [3.05, 3.63) is 64.5 Å². The molecule has 146 valence electrons. The number of nitrogens with one attached hydrogen (secondary N) is 1. The number of aromatic nitrogens is 1. The molecule has 3 rings (SSSR count). The van der Waals surface area contributed by atoms with Crippen molar-refractivity contribution in [2.75, 3.05) is 11.1 Å². The van der Waals surface area contributed by atoms with Crippen LogP contribution in [0.4, 0.5) is 5.13 Å². The molecular formula is C20H19ClN2O3S2. The number of anilines is 1. The molecule has 0 aliphatic rings. The maximum Gasteiger partial charge on any atom is 0.226 e. The van der Waals surface area contributed by atoms with Crippen LogP contribution in [0.5, 0.6) is 0 Å². The maximum atomic E-state index is 12.3. The minimum atomic E-state index is -3.43. The van der Waals surface area contributed by atoms with Crippen LogP contribution in [0.3, 0.4) is 0 Å². The van der Waals surface area contributed by atoms with Gasteiger partial charge in [-0.05, 0) is 37.6 Å². The van der Waals surface area contributed by atoms with E-state index in [1.807, 2.05) is 36.6 Å². The third kappa shape index (κ3) is 5.41. The molecule has 0 spiro atoms. The molecule has 2 aromatic carbocycles. The standard InChI is InChI=1S/C20H19ClN2O3S2/c1-14-4-6-15(7-5-14)18-13-27-20(22-18)23-19(24)3-2-12-28(25,26)17-10-8-16(21)9-11-17/h4-11,13H,2-3,12H2,1H3,(H,22,23,24). The topological polar surface area (TPSA) is 76.1 Å². The first-order valence-electron chi connectivity index (χ1n) is 8.64. The lowest BCUT2D eigenvalue weighted by molar-refractivity contribution is -0.116. The zero-order valence-electron chi connectivity index (χ0n) is 15.2. The van der Waals surface area contributed by atoms with Gasteiger partial charge in [-0.1, -0.05) is 41.4 Å². The van der Waals surface area contributed by atoms with Crippen LogP contribution in [0.25, 0.3) is 11.3 Å². The average Bonchev–Trinajstić information content (AvgIpc) is 3.11. The molecule has 5 nitrogen and oxygen atoms in total. The van der Waals surface area contributed by atoms with Crippen LogP contribution in [0, 0.1) is 6.92 Å². The molecule has 1 heterocycles. The lowest BCUT2D eigenvalue weighted by atomic mass is 10.1. The number of hydrogen-bond donors (Lipinski definition) is 1. The van der Waals surface area contributed by atoms with Crippen molar-refractivity contribution in [3.8, 4) is 11.3 Å². The van der Waals surface area contributed by atoms with Crippen molar-refractivity contribution in [2.45, 2.75) is 24.7 Å².